The first-order valence-corrected chi connectivity index (χ1v) is 6.53. The van der Waals surface area contributed by atoms with Crippen molar-refractivity contribution in [2.24, 2.45) is 0 Å². The van der Waals surface area contributed by atoms with Gasteiger partial charge in [-0.2, -0.15) is 0 Å². The third-order valence-corrected chi connectivity index (χ3v) is 3.52. The molecule has 0 radical (unpaired) electrons. The molecule has 5 heteroatoms. The molecular formula is C13H23N5. The van der Waals surface area contributed by atoms with Crippen molar-refractivity contribution in [3.05, 3.63) is 23.8 Å². The van der Waals surface area contributed by atoms with E-state index in [0.717, 1.165) is 44.1 Å². The van der Waals surface area contributed by atoms with Crippen LogP contribution in [0, 0.1) is 0 Å². The molecule has 0 aliphatic carbocycles. The van der Waals surface area contributed by atoms with Gasteiger partial charge in [-0.05, 0) is 27.2 Å². The van der Waals surface area contributed by atoms with Crippen LogP contribution in [0.15, 0.2) is 12.3 Å². The summed E-state index contributed by atoms with van der Waals surface area (Å²) in [5.74, 6) is 0.954. The Morgan fingerprint density at radius 2 is 2.22 bits per heavy atom. The van der Waals surface area contributed by atoms with E-state index in [1.54, 1.807) is 0 Å². The fourth-order valence-corrected chi connectivity index (χ4v) is 2.35. The van der Waals surface area contributed by atoms with Crippen molar-refractivity contribution in [2.45, 2.75) is 19.0 Å². The molecule has 0 spiro atoms. The van der Waals surface area contributed by atoms with E-state index in [-0.39, 0.29) is 0 Å². The topological polar surface area (TPSA) is 44.3 Å². The van der Waals surface area contributed by atoms with Gasteiger partial charge in [0.2, 0.25) is 0 Å². The van der Waals surface area contributed by atoms with E-state index < -0.39 is 0 Å². The number of hydrogen-bond donors (Lipinski definition) is 1. The molecule has 0 saturated carbocycles. The Morgan fingerprint density at radius 1 is 1.39 bits per heavy atom. The molecule has 1 saturated heterocycles. The van der Waals surface area contributed by atoms with Crippen molar-refractivity contribution in [3.63, 3.8) is 0 Å². The maximum Gasteiger partial charge on any atom is 0.130 e. The van der Waals surface area contributed by atoms with Gasteiger partial charge in [0.15, 0.2) is 0 Å². The number of hydrogen-bond acceptors (Lipinski definition) is 5. The molecule has 1 aliphatic rings. The number of aromatic nitrogens is 2. The zero-order chi connectivity index (χ0) is 13.0. The molecule has 1 N–H and O–H groups in total. The largest absolute Gasteiger partial charge is 0.314 e. The summed E-state index contributed by atoms with van der Waals surface area (Å²) in [5, 5.41) is 3.12. The van der Waals surface area contributed by atoms with Gasteiger partial charge in [0, 0.05) is 44.8 Å². The molecule has 100 valence electrons. The van der Waals surface area contributed by atoms with Crippen LogP contribution in [0.1, 0.15) is 11.5 Å². The van der Waals surface area contributed by atoms with E-state index in [9.17, 15) is 0 Å². The highest BCUT2D eigenvalue weighted by molar-refractivity contribution is 5.03. The molecule has 1 atom stereocenters. The van der Waals surface area contributed by atoms with Gasteiger partial charge in [0.1, 0.15) is 5.82 Å². The van der Waals surface area contributed by atoms with Gasteiger partial charge in [-0.1, -0.05) is 0 Å². The molecular weight excluding hydrogens is 226 g/mol. The van der Waals surface area contributed by atoms with E-state index in [1.165, 1.54) is 0 Å². The van der Waals surface area contributed by atoms with Crippen LogP contribution in [-0.4, -0.2) is 66.6 Å². The standard InChI is InChI=1S/C13H23N5/c1-14-9-11-4-5-15-13(16-11)8-12-10-17(2)6-7-18(12)3/h4-5,12,14H,6-10H2,1-3H3. The van der Waals surface area contributed by atoms with Crippen LogP contribution in [0.5, 0.6) is 0 Å². The minimum absolute atomic E-state index is 0.522. The number of likely N-dealkylation sites (N-methyl/N-ethyl adjacent to an activating group) is 2. The van der Waals surface area contributed by atoms with Crippen LogP contribution in [0.4, 0.5) is 0 Å². The third kappa shape index (κ3) is 3.48. The van der Waals surface area contributed by atoms with Crippen LogP contribution >= 0.6 is 0 Å². The summed E-state index contributed by atoms with van der Waals surface area (Å²) in [6.07, 6.45) is 2.79. The van der Waals surface area contributed by atoms with Crippen molar-refractivity contribution in [1.82, 2.24) is 25.1 Å². The van der Waals surface area contributed by atoms with Crippen LogP contribution in [0.3, 0.4) is 0 Å². The van der Waals surface area contributed by atoms with Gasteiger partial charge in [-0.15, -0.1) is 0 Å². The average molecular weight is 249 g/mol. The Bertz CT molecular complexity index is 381. The lowest BCUT2D eigenvalue weighted by Gasteiger charge is -2.37. The predicted molar refractivity (Wildman–Crippen MR) is 72.4 cm³/mol. The molecule has 1 aromatic rings. The summed E-state index contributed by atoms with van der Waals surface area (Å²) in [4.78, 5) is 13.8. The molecule has 1 aromatic heterocycles. The Hall–Kier alpha value is -1.04. The molecule has 1 aliphatic heterocycles. The number of nitrogens with zero attached hydrogens (tertiary/aromatic N) is 4. The predicted octanol–water partition coefficient (Wildman–Crippen LogP) is -0.0157. The minimum atomic E-state index is 0.522. The van der Waals surface area contributed by atoms with E-state index in [2.05, 4.69) is 39.2 Å². The zero-order valence-electron chi connectivity index (χ0n) is 11.6. The third-order valence-electron chi connectivity index (χ3n) is 3.52. The second-order valence-corrected chi connectivity index (χ2v) is 5.10. The highest BCUT2D eigenvalue weighted by Crippen LogP contribution is 2.10. The van der Waals surface area contributed by atoms with Gasteiger partial charge >= 0.3 is 0 Å². The van der Waals surface area contributed by atoms with Crippen LogP contribution in [-0.2, 0) is 13.0 Å². The van der Waals surface area contributed by atoms with Crippen molar-refractivity contribution in [2.75, 3.05) is 40.8 Å². The van der Waals surface area contributed by atoms with E-state index in [1.807, 2.05) is 19.3 Å². The molecule has 1 fully saturated rings. The summed E-state index contributed by atoms with van der Waals surface area (Å²) in [5.41, 5.74) is 1.06. The van der Waals surface area contributed by atoms with Gasteiger partial charge in [-0.25, -0.2) is 9.97 Å². The first-order chi connectivity index (χ1) is 8.69. The molecule has 5 nitrogen and oxygen atoms in total. The maximum atomic E-state index is 4.60. The van der Waals surface area contributed by atoms with E-state index in [0.29, 0.717) is 6.04 Å². The second kappa shape index (κ2) is 6.22. The van der Waals surface area contributed by atoms with Crippen molar-refractivity contribution >= 4 is 0 Å². The first kappa shape index (κ1) is 13.4. The summed E-state index contributed by atoms with van der Waals surface area (Å²) >= 11 is 0. The molecule has 2 rings (SSSR count). The molecule has 1 unspecified atom stereocenters. The Labute approximate surface area is 109 Å². The summed E-state index contributed by atoms with van der Waals surface area (Å²) < 4.78 is 0. The maximum absolute atomic E-state index is 4.60. The van der Waals surface area contributed by atoms with Crippen LogP contribution in [0.25, 0.3) is 0 Å². The lowest BCUT2D eigenvalue weighted by Crippen LogP contribution is -2.51. The smallest absolute Gasteiger partial charge is 0.130 e. The summed E-state index contributed by atoms with van der Waals surface area (Å²) in [6, 6.07) is 2.49. The summed E-state index contributed by atoms with van der Waals surface area (Å²) in [7, 11) is 6.30. The second-order valence-electron chi connectivity index (χ2n) is 5.10. The first-order valence-electron chi connectivity index (χ1n) is 6.53. The lowest BCUT2D eigenvalue weighted by molar-refractivity contribution is 0.113. The van der Waals surface area contributed by atoms with Gasteiger partial charge in [0.05, 0.1) is 5.69 Å². The molecule has 0 aromatic carbocycles. The number of rotatable bonds is 4. The van der Waals surface area contributed by atoms with Crippen molar-refractivity contribution in [1.29, 1.82) is 0 Å². The highest BCUT2D eigenvalue weighted by Gasteiger charge is 2.23. The number of nitrogens with one attached hydrogen (secondary N) is 1. The van der Waals surface area contributed by atoms with Crippen LogP contribution < -0.4 is 5.32 Å². The SMILES string of the molecule is CNCc1ccnc(CC2CN(C)CCN2C)n1. The average Bonchev–Trinajstić information content (AvgIpc) is 2.35. The van der Waals surface area contributed by atoms with Gasteiger partial charge in [-0.3, -0.25) is 0 Å². The van der Waals surface area contributed by atoms with Gasteiger partial charge in [0.25, 0.3) is 0 Å². The minimum Gasteiger partial charge on any atom is -0.314 e. The van der Waals surface area contributed by atoms with Crippen molar-refractivity contribution in [3.8, 4) is 0 Å². The Kier molecular flexibility index (Phi) is 4.63. The monoisotopic (exact) mass is 249 g/mol. The van der Waals surface area contributed by atoms with E-state index >= 15 is 0 Å². The molecule has 0 amide bonds. The molecule has 18 heavy (non-hydrogen) atoms. The van der Waals surface area contributed by atoms with E-state index in [4.69, 9.17) is 0 Å². The van der Waals surface area contributed by atoms with Crippen molar-refractivity contribution < 1.29 is 0 Å². The fourth-order valence-electron chi connectivity index (χ4n) is 2.35. The molecule has 0 bridgehead atoms. The fraction of sp³-hybridized carbons (Fsp3) is 0.692. The Morgan fingerprint density at radius 3 is 3.00 bits per heavy atom. The van der Waals surface area contributed by atoms with Crippen LogP contribution in [0.2, 0.25) is 0 Å². The lowest BCUT2D eigenvalue weighted by atomic mass is 10.1. The normalized spacial score (nSPS) is 22.3. The van der Waals surface area contributed by atoms with Gasteiger partial charge < -0.3 is 15.1 Å². The molecule has 2 heterocycles. The highest BCUT2D eigenvalue weighted by atomic mass is 15.3. The number of piperazine rings is 1. The summed E-state index contributed by atoms with van der Waals surface area (Å²) in [6.45, 7) is 4.16. The Balaban J connectivity index is 2.01. The zero-order valence-corrected chi connectivity index (χ0v) is 11.6. The quantitative estimate of drug-likeness (QED) is 0.813.